The fraction of sp³-hybridized carbons (Fsp3) is 0.400. The van der Waals surface area contributed by atoms with Crippen molar-refractivity contribution >= 4 is 28.2 Å². The molecule has 2 fully saturated rings. The summed E-state index contributed by atoms with van der Waals surface area (Å²) >= 11 is 0. The molecule has 34 heavy (non-hydrogen) atoms. The lowest BCUT2D eigenvalue weighted by molar-refractivity contribution is 0.0383. The molecule has 2 aromatic carbocycles. The van der Waals surface area contributed by atoms with Gasteiger partial charge in [0.05, 0.1) is 13.2 Å². The first-order valence-corrected chi connectivity index (χ1v) is 11.8. The van der Waals surface area contributed by atoms with Crippen molar-refractivity contribution in [3.63, 3.8) is 0 Å². The van der Waals surface area contributed by atoms with Gasteiger partial charge in [-0.1, -0.05) is 24.3 Å². The molecular weight excluding hydrogens is 435 g/mol. The van der Waals surface area contributed by atoms with Crippen LogP contribution >= 0.6 is 0 Å². The minimum absolute atomic E-state index is 0.204. The number of ether oxygens (including phenoxy) is 1. The van der Waals surface area contributed by atoms with Gasteiger partial charge in [-0.15, -0.1) is 10.2 Å². The van der Waals surface area contributed by atoms with Crippen LogP contribution in [0, 0.1) is 5.82 Å². The Morgan fingerprint density at radius 1 is 0.882 bits per heavy atom. The summed E-state index contributed by atoms with van der Waals surface area (Å²) in [6.45, 7) is 7.73. The Kier molecular flexibility index (Phi) is 6.82. The molecule has 1 amide bonds. The number of carbonyl (C=O) groups excluding carboxylic acids is 1. The Balaban J connectivity index is 1.27. The van der Waals surface area contributed by atoms with Gasteiger partial charge in [0.1, 0.15) is 5.82 Å². The summed E-state index contributed by atoms with van der Waals surface area (Å²) < 4.78 is 18.6. The van der Waals surface area contributed by atoms with Gasteiger partial charge in [0.15, 0.2) is 11.5 Å². The van der Waals surface area contributed by atoms with Crippen molar-refractivity contribution < 1.29 is 13.9 Å². The van der Waals surface area contributed by atoms with E-state index in [2.05, 4.69) is 30.2 Å². The Bertz CT molecular complexity index is 1130. The fourth-order valence-electron chi connectivity index (χ4n) is 4.56. The number of piperazine rings is 1. The third-order valence-corrected chi connectivity index (χ3v) is 6.47. The molecule has 0 aliphatic carbocycles. The molecule has 8 nitrogen and oxygen atoms in total. The van der Waals surface area contributed by atoms with E-state index in [1.807, 2.05) is 36.4 Å². The number of rotatable bonds is 6. The molecule has 178 valence electrons. The van der Waals surface area contributed by atoms with Gasteiger partial charge in [0, 0.05) is 68.8 Å². The van der Waals surface area contributed by atoms with E-state index in [1.54, 1.807) is 0 Å². The zero-order valence-electron chi connectivity index (χ0n) is 19.1. The molecule has 2 aliphatic rings. The lowest BCUT2D eigenvalue weighted by Gasteiger charge is -2.37. The van der Waals surface area contributed by atoms with E-state index in [0.29, 0.717) is 12.2 Å². The van der Waals surface area contributed by atoms with Crippen LogP contribution in [-0.4, -0.2) is 86.6 Å². The minimum Gasteiger partial charge on any atom is -0.379 e. The highest BCUT2D eigenvalue weighted by Gasteiger charge is 2.23. The molecule has 0 radical (unpaired) electrons. The zero-order valence-corrected chi connectivity index (χ0v) is 19.1. The maximum absolute atomic E-state index is 13.3. The van der Waals surface area contributed by atoms with Gasteiger partial charge in [-0.3, -0.25) is 9.69 Å². The number of amides is 1. The first kappa shape index (κ1) is 22.5. The SMILES string of the molecule is O=C(NCCN1CCOCC1)c1nnc(N2CCN(c3ccc(F)cc3)CC2)c2ccccc12. The van der Waals surface area contributed by atoms with E-state index < -0.39 is 0 Å². The van der Waals surface area contributed by atoms with E-state index in [4.69, 9.17) is 4.74 Å². The molecule has 3 aromatic rings. The Hall–Kier alpha value is -3.30. The molecular formula is C25H29FN6O2. The van der Waals surface area contributed by atoms with Crippen molar-refractivity contribution in [1.82, 2.24) is 20.4 Å². The highest BCUT2D eigenvalue weighted by atomic mass is 19.1. The Labute approximate surface area is 198 Å². The second-order valence-corrected chi connectivity index (χ2v) is 8.58. The normalized spacial score (nSPS) is 17.2. The van der Waals surface area contributed by atoms with Gasteiger partial charge < -0.3 is 19.9 Å². The first-order chi connectivity index (χ1) is 16.7. The topological polar surface area (TPSA) is 73.8 Å². The number of benzene rings is 2. The van der Waals surface area contributed by atoms with Crippen molar-refractivity contribution in [2.24, 2.45) is 0 Å². The highest BCUT2D eigenvalue weighted by molar-refractivity contribution is 6.07. The summed E-state index contributed by atoms with van der Waals surface area (Å²) in [5.41, 5.74) is 1.37. The molecule has 0 spiro atoms. The van der Waals surface area contributed by atoms with Crippen molar-refractivity contribution in [2.75, 3.05) is 75.4 Å². The average molecular weight is 465 g/mol. The molecule has 0 bridgehead atoms. The second-order valence-electron chi connectivity index (χ2n) is 8.58. The second kappa shape index (κ2) is 10.3. The van der Waals surface area contributed by atoms with Crippen LogP contribution < -0.4 is 15.1 Å². The quantitative estimate of drug-likeness (QED) is 0.599. The Morgan fingerprint density at radius 2 is 1.56 bits per heavy atom. The monoisotopic (exact) mass is 464 g/mol. The number of carbonyl (C=O) groups is 1. The van der Waals surface area contributed by atoms with Crippen molar-refractivity contribution in [3.8, 4) is 0 Å². The minimum atomic E-state index is -0.227. The van der Waals surface area contributed by atoms with Crippen LogP contribution in [0.3, 0.4) is 0 Å². The number of halogens is 1. The molecule has 0 unspecified atom stereocenters. The number of anilines is 2. The molecule has 2 saturated heterocycles. The number of nitrogens with zero attached hydrogens (tertiary/aromatic N) is 5. The third kappa shape index (κ3) is 4.95. The molecule has 5 rings (SSSR count). The largest absolute Gasteiger partial charge is 0.379 e. The van der Waals surface area contributed by atoms with Gasteiger partial charge in [0.25, 0.3) is 5.91 Å². The van der Waals surface area contributed by atoms with E-state index in [-0.39, 0.29) is 11.7 Å². The van der Waals surface area contributed by atoms with Crippen molar-refractivity contribution in [1.29, 1.82) is 0 Å². The van der Waals surface area contributed by atoms with E-state index in [0.717, 1.165) is 81.3 Å². The van der Waals surface area contributed by atoms with E-state index >= 15 is 0 Å². The van der Waals surface area contributed by atoms with Gasteiger partial charge in [-0.2, -0.15) is 0 Å². The number of hydrogen-bond acceptors (Lipinski definition) is 7. The molecule has 9 heteroatoms. The van der Waals surface area contributed by atoms with Crippen LogP contribution in [0.5, 0.6) is 0 Å². The number of nitrogens with one attached hydrogen (secondary N) is 1. The third-order valence-electron chi connectivity index (χ3n) is 6.47. The van der Waals surface area contributed by atoms with Crippen LogP contribution in [0.15, 0.2) is 48.5 Å². The van der Waals surface area contributed by atoms with E-state index in [1.165, 1.54) is 12.1 Å². The van der Waals surface area contributed by atoms with Gasteiger partial charge in [-0.05, 0) is 24.3 Å². The molecule has 1 N–H and O–H groups in total. The lowest BCUT2D eigenvalue weighted by Crippen LogP contribution is -2.47. The predicted molar refractivity (Wildman–Crippen MR) is 130 cm³/mol. The molecule has 0 saturated carbocycles. The van der Waals surface area contributed by atoms with Crippen LogP contribution in [0.4, 0.5) is 15.9 Å². The number of aromatic nitrogens is 2. The highest BCUT2D eigenvalue weighted by Crippen LogP contribution is 2.27. The molecule has 3 heterocycles. The predicted octanol–water partition coefficient (Wildman–Crippen LogP) is 2.16. The summed E-state index contributed by atoms with van der Waals surface area (Å²) in [6.07, 6.45) is 0. The summed E-state index contributed by atoms with van der Waals surface area (Å²) in [6, 6.07) is 14.4. The summed E-state index contributed by atoms with van der Waals surface area (Å²) in [5.74, 6) is 0.359. The van der Waals surface area contributed by atoms with Crippen molar-refractivity contribution in [3.05, 3.63) is 60.0 Å². The fourth-order valence-corrected chi connectivity index (χ4v) is 4.56. The van der Waals surface area contributed by atoms with Crippen LogP contribution in [0.2, 0.25) is 0 Å². The zero-order chi connectivity index (χ0) is 23.3. The molecule has 0 atom stereocenters. The lowest BCUT2D eigenvalue weighted by atomic mass is 10.1. The van der Waals surface area contributed by atoms with Gasteiger partial charge in [0.2, 0.25) is 0 Å². The summed E-state index contributed by atoms with van der Waals surface area (Å²) in [4.78, 5) is 19.6. The smallest absolute Gasteiger partial charge is 0.272 e. The van der Waals surface area contributed by atoms with Gasteiger partial charge >= 0.3 is 0 Å². The number of morpholine rings is 1. The standard InChI is InChI=1S/C25H29FN6O2/c26-19-5-7-20(8-6-19)31-11-13-32(14-12-31)24-22-4-2-1-3-21(22)23(28-29-24)25(33)27-9-10-30-15-17-34-18-16-30/h1-8H,9-18H2,(H,27,33). The maximum atomic E-state index is 13.3. The molecule has 2 aliphatic heterocycles. The van der Waals surface area contributed by atoms with Crippen molar-refractivity contribution in [2.45, 2.75) is 0 Å². The van der Waals surface area contributed by atoms with E-state index in [9.17, 15) is 9.18 Å². The summed E-state index contributed by atoms with van der Waals surface area (Å²) in [7, 11) is 0. The number of hydrogen-bond donors (Lipinski definition) is 1. The molecule has 1 aromatic heterocycles. The average Bonchev–Trinajstić information content (AvgIpc) is 2.89. The Morgan fingerprint density at radius 3 is 2.29 bits per heavy atom. The van der Waals surface area contributed by atoms with Crippen LogP contribution in [0.1, 0.15) is 10.5 Å². The summed E-state index contributed by atoms with van der Waals surface area (Å²) in [5, 5.41) is 13.5. The van der Waals surface area contributed by atoms with Crippen LogP contribution in [0.25, 0.3) is 10.8 Å². The first-order valence-electron chi connectivity index (χ1n) is 11.8. The van der Waals surface area contributed by atoms with Crippen LogP contribution in [-0.2, 0) is 4.74 Å². The number of fused-ring (bicyclic) bond motifs is 1. The van der Waals surface area contributed by atoms with Gasteiger partial charge in [-0.25, -0.2) is 4.39 Å². The maximum Gasteiger partial charge on any atom is 0.272 e.